The predicted octanol–water partition coefficient (Wildman–Crippen LogP) is 4.21. The summed E-state index contributed by atoms with van der Waals surface area (Å²) in [6.45, 7) is 0.675. The van der Waals surface area contributed by atoms with Gasteiger partial charge in [0.05, 0.1) is 5.52 Å². The normalized spacial score (nSPS) is 10.7. The van der Waals surface area contributed by atoms with E-state index in [1.807, 2.05) is 42.5 Å². The molecule has 0 spiro atoms. The van der Waals surface area contributed by atoms with E-state index in [9.17, 15) is 5.11 Å². The lowest BCUT2D eigenvalue weighted by molar-refractivity contribution is 0.476. The molecule has 0 radical (unpaired) electrons. The van der Waals surface area contributed by atoms with Crippen LogP contribution < -0.4 is 5.32 Å². The van der Waals surface area contributed by atoms with Crippen molar-refractivity contribution in [2.45, 2.75) is 6.54 Å². The van der Waals surface area contributed by atoms with Gasteiger partial charge in [-0.3, -0.25) is 0 Å². The summed E-state index contributed by atoms with van der Waals surface area (Å²) in [7, 11) is 0. The lowest BCUT2D eigenvalue weighted by Gasteiger charge is -2.07. The van der Waals surface area contributed by atoms with Gasteiger partial charge in [0.2, 0.25) is 0 Å². The van der Waals surface area contributed by atoms with Crippen molar-refractivity contribution in [2.24, 2.45) is 0 Å². The van der Waals surface area contributed by atoms with E-state index in [-0.39, 0.29) is 5.75 Å². The van der Waals surface area contributed by atoms with Crippen LogP contribution in [0.3, 0.4) is 0 Å². The number of aromatic nitrogens is 1. The molecular formula is C16H13ClN2O. The van der Waals surface area contributed by atoms with E-state index in [1.54, 1.807) is 12.1 Å². The second kappa shape index (κ2) is 5.39. The van der Waals surface area contributed by atoms with Crippen molar-refractivity contribution in [3.63, 3.8) is 0 Å². The highest BCUT2D eigenvalue weighted by molar-refractivity contribution is 6.30. The van der Waals surface area contributed by atoms with Crippen LogP contribution in [0, 0.1) is 0 Å². The predicted molar refractivity (Wildman–Crippen MR) is 82.2 cm³/mol. The number of fused-ring (bicyclic) bond motifs is 1. The largest absolute Gasteiger partial charge is 0.508 e. The number of pyridine rings is 1. The number of hydrogen-bond donors (Lipinski definition) is 2. The van der Waals surface area contributed by atoms with E-state index in [0.717, 1.165) is 27.3 Å². The number of halogens is 1. The number of rotatable bonds is 3. The number of benzene rings is 2. The number of phenols is 1. The lowest BCUT2D eigenvalue weighted by Crippen LogP contribution is -2.01. The van der Waals surface area contributed by atoms with Gasteiger partial charge in [0.25, 0.3) is 0 Å². The highest BCUT2D eigenvalue weighted by Gasteiger charge is 2.00. The fraction of sp³-hybridized carbons (Fsp3) is 0.0625. The monoisotopic (exact) mass is 284 g/mol. The Morgan fingerprint density at radius 2 is 1.75 bits per heavy atom. The number of phenolic OH excluding ortho intramolecular Hbond substituents is 1. The Kier molecular flexibility index (Phi) is 3.44. The van der Waals surface area contributed by atoms with Crippen molar-refractivity contribution in [1.29, 1.82) is 0 Å². The third-order valence-electron chi connectivity index (χ3n) is 3.06. The van der Waals surface area contributed by atoms with Crippen LogP contribution in [0.4, 0.5) is 5.82 Å². The molecule has 0 unspecified atom stereocenters. The summed E-state index contributed by atoms with van der Waals surface area (Å²) in [5.74, 6) is 0.998. The third kappa shape index (κ3) is 2.83. The third-order valence-corrected chi connectivity index (χ3v) is 3.31. The van der Waals surface area contributed by atoms with Crippen molar-refractivity contribution in [1.82, 2.24) is 4.98 Å². The Labute approximate surface area is 121 Å². The highest BCUT2D eigenvalue weighted by Crippen LogP contribution is 2.20. The molecule has 0 saturated carbocycles. The van der Waals surface area contributed by atoms with Gasteiger partial charge in [0, 0.05) is 23.0 Å². The topological polar surface area (TPSA) is 45.1 Å². The van der Waals surface area contributed by atoms with Crippen LogP contribution >= 0.6 is 11.6 Å². The second-order valence-corrected chi connectivity index (χ2v) is 4.99. The van der Waals surface area contributed by atoms with Gasteiger partial charge in [0.15, 0.2) is 0 Å². The van der Waals surface area contributed by atoms with Crippen molar-refractivity contribution in [3.05, 3.63) is 65.2 Å². The molecule has 0 amide bonds. The number of aromatic hydroxyl groups is 1. The molecule has 4 heteroatoms. The molecule has 3 rings (SSSR count). The fourth-order valence-corrected chi connectivity index (χ4v) is 2.12. The molecule has 2 aromatic carbocycles. The zero-order valence-corrected chi connectivity index (χ0v) is 11.4. The fourth-order valence-electron chi connectivity index (χ4n) is 2.00. The summed E-state index contributed by atoms with van der Waals surface area (Å²) >= 11 is 5.85. The van der Waals surface area contributed by atoms with Gasteiger partial charge >= 0.3 is 0 Å². The van der Waals surface area contributed by atoms with Crippen LogP contribution in [0.25, 0.3) is 10.9 Å². The summed E-state index contributed by atoms with van der Waals surface area (Å²) in [6.07, 6.45) is 0. The van der Waals surface area contributed by atoms with Gasteiger partial charge in [-0.25, -0.2) is 4.98 Å². The number of hydrogen-bond acceptors (Lipinski definition) is 3. The van der Waals surface area contributed by atoms with Crippen molar-refractivity contribution in [3.8, 4) is 5.75 Å². The first-order valence-corrected chi connectivity index (χ1v) is 6.66. The summed E-state index contributed by atoms with van der Waals surface area (Å²) in [5, 5.41) is 14.5. The molecule has 1 heterocycles. The van der Waals surface area contributed by atoms with E-state index in [1.165, 1.54) is 0 Å². The molecule has 1 aromatic heterocycles. The zero-order chi connectivity index (χ0) is 13.9. The van der Waals surface area contributed by atoms with Crippen LogP contribution in [0.15, 0.2) is 54.6 Å². The summed E-state index contributed by atoms with van der Waals surface area (Å²) in [4.78, 5) is 4.47. The molecule has 0 aliphatic heterocycles. The first kappa shape index (κ1) is 12.8. The molecule has 3 nitrogen and oxygen atoms in total. The molecule has 0 fully saturated rings. The van der Waals surface area contributed by atoms with Gasteiger partial charge in [-0.15, -0.1) is 0 Å². The summed E-state index contributed by atoms with van der Waals surface area (Å²) in [6, 6.07) is 16.7. The van der Waals surface area contributed by atoms with Gasteiger partial charge < -0.3 is 10.4 Å². The number of nitrogens with zero attached hydrogens (tertiary/aromatic N) is 1. The van der Waals surface area contributed by atoms with Crippen molar-refractivity contribution in [2.75, 3.05) is 5.32 Å². The van der Waals surface area contributed by atoms with E-state index in [2.05, 4.69) is 10.3 Å². The van der Waals surface area contributed by atoms with Crippen molar-refractivity contribution >= 4 is 28.3 Å². The SMILES string of the molecule is Oc1ccc2ccc(NCc3ccc(Cl)cc3)nc2c1. The quantitative estimate of drug-likeness (QED) is 0.757. The Morgan fingerprint density at radius 1 is 1.00 bits per heavy atom. The molecule has 0 atom stereocenters. The molecule has 0 bridgehead atoms. The zero-order valence-electron chi connectivity index (χ0n) is 10.7. The van der Waals surface area contributed by atoms with Crippen LogP contribution in [-0.2, 0) is 6.54 Å². The Hall–Kier alpha value is -2.26. The van der Waals surface area contributed by atoms with Crippen LogP contribution in [0.1, 0.15) is 5.56 Å². The molecule has 0 aliphatic carbocycles. The molecule has 2 N–H and O–H groups in total. The molecule has 3 aromatic rings. The molecule has 0 saturated heterocycles. The molecular weight excluding hydrogens is 272 g/mol. The number of anilines is 1. The van der Waals surface area contributed by atoms with Crippen LogP contribution in [-0.4, -0.2) is 10.1 Å². The Bertz CT molecular complexity index is 741. The summed E-state index contributed by atoms with van der Waals surface area (Å²) < 4.78 is 0. The van der Waals surface area contributed by atoms with Crippen LogP contribution in [0.5, 0.6) is 5.75 Å². The average molecular weight is 285 g/mol. The smallest absolute Gasteiger partial charge is 0.126 e. The molecule has 0 aliphatic rings. The first-order valence-electron chi connectivity index (χ1n) is 6.29. The minimum absolute atomic E-state index is 0.222. The average Bonchev–Trinajstić information content (AvgIpc) is 2.46. The van der Waals surface area contributed by atoms with Gasteiger partial charge in [-0.05, 0) is 42.0 Å². The standard InChI is InChI=1S/C16H13ClN2O/c17-13-5-1-11(2-6-13)10-18-16-8-4-12-3-7-14(20)9-15(12)19-16/h1-9,20H,10H2,(H,18,19). The van der Waals surface area contributed by atoms with Gasteiger partial charge in [-0.1, -0.05) is 23.7 Å². The Balaban J connectivity index is 1.78. The highest BCUT2D eigenvalue weighted by atomic mass is 35.5. The minimum Gasteiger partial charge on any atom is -0.508 e. The molecule has 100 valence electrons. The van der Waals surface area contributed by atoms with E-state index in [4.69, 9.17) is 11.6 Å². The van der Waals surface area contributed by atoms with E-state index < -0.39 is 0 Å². The lowest BCUT2D eigenvalue weighted by atomic mass is 10.2. The van der Waals surface area contributed by atoms with E-state index in [0.29, 0.717) is 6.54 Å². The maximum Gasteiger partial charge on any atom is 0.126 e. The second-order valence-electron chi connectivity index (χ2n) is 4.55. The van der Waals surface area contributed by atoms with Crippen LogP contribution in [0.2, 0.25) is 5.02 Å². The maximum atomic E-state index is 9.48. The summed E-state index contributed by atoms with van der Waals surface area (Å²) in [5.41, 5.74) is 1.90. The van der Waals surface area contributed by atoms with E-state index >= 15 is 0 Å². The van der Waals surface area contributed by atoms with Crippen molar-refractivity contribution < 1.29 is 5.11 Å². The maximum absolute atomic E-state index is 9.48. The first-order chi connectivity index (χ1) is 9.70. The Morgan fingerprint density at radius 3 is 2.55 bits per heavy atom. The minimum atomic E-state index is 0.222. The van der Waals surface area contributed by atoms with Gasteiger partial charge in [-0.2, -0.15) is 0 Å². The van der Waals surface area contributed by atoms with Gasteiger partial charge in [0.1, 0.15) is 11.6 Å². The molecule has 20 heavy (non-hydrogen) atoms. The number of nitrogens with one attached hydrogen (secondary N) is 1.